The van der Waals surface area contributed by atoms with Crippen LogP contribution in [-0.4, -0.2) is 13.2 Å². The highest BCUT2D eigenvalue weighted by Crippen LogP contribution is 2.34. The van der Waals surface area contributed by atoms with Crippen LogP contribution in [0.2, 0.25) is 0 Å². The number of hydrogen-bond donors (Lipinski definition) is 0. The molecule has 0 amide bonds. The Morgan fingerprint density at radius 1 is 0.923 bits per heavy atom. The fraction of sp³-hybridized carbons (Fsp3) is 0.391. The highest BCUT2D eigenvalue weighted by molar-refractivity contribution is 6.29. The topological polar surface area (TPSA) is 18.5 Å². The van der Waals surface area contributed by atoms with Gasteiger partial charge in [0.1, 0.15) is 11.5 Å². The molecule has 0 radical (unpaired) electrons. The van der Waals surface area contributed by atoms with Gasteiger partial charge in [-0.15, -0.1) is 0 Å². The smallest absolute Gasteiger partial charge is 0.119 e. The molecule has 0 N–H and O–H groups in total. The van der Waals surface area contributed by atoms with Crippen LogP contribution in [0.5, 0.6) is 11.5 Å². The van der Waals surface area contributed by atoms with Gasteiger partial charge < -0.3 is 9.47 Å². The summed E-state index contributed by atoms with van der Waals surface area (Å²) >= 11 is 6.13. The Kier molecular flexibility index (Phi) is 8.06. The first-order chi connectivity index (χ1) is 12.5. The lowest BCUT2D eigenvalue weighted by Gasteiger charge is -2.34. The van der Waals surface area contributed by atoms with Crippen molar-refractivity contribution < 1.29 is 9.47 Å². The van der Waals surface area contributed by atoms with Gasteiger partial charge in [0.05, 0.1) is 13.2 Å². The van der Waals surface area contributed by atoms with Crippen molar-refractivity contribution in [3.05, 3.63) is 71.8 Å². The molecule has 140 valence electrons. The van der Waals surface area contributed by atoms with Crippen molar-refractivity contribution in [3.8, 4) is 11.5 Å². The van der Waals surface area contributed by atoms with Gasteiger partial charge in [0.15, 0.2) is 0 Å². The molecule has 0 aromatic heterocycles. The van der Waals surface area contributed by atoms with Gasteiger partial charge >= 0.3 is 0 Å². The number of hydrogen-bond acceptors (Lipinski definition) is 2. The fourth-order valence-corrected chi connectivity index (χ4v) is 3.17. The van der Waals surface area contributed by atoms with Crippen LogP contribution < -0.4 is 9.47 Å². The molecule has 3 heteroatoms. The zero-order valence-electron chi connectivity index (χ0n) is 16.0. The Morgan fingerprint density at radius 3 is 1.77 bits per heavy atom. The van der Waals surface area contributed by atoms with E-state index in [1.807, 2.05) is 67.6 Å². The molecule has 0 spiro atoms. The maximum Gasteiger partial charge on any atom is 0.119 e. The molecule has 2 nitrogen and oxygen atoms in total. The Morgan fingerprint density at radius 2 is 1.38 bits per heavy atom. The molecular weight excluding hydrogens is 344 g/mol. The molecule has 0 unspecified atom stereocenters. The predicted molar refractivity (Wildman–Crippen MR) is 110 cm³/mol. The molecule has 2 rings (SSSR count). The van der Waals surface area contributed by atoms with Crippen LogP contribution in [-0.2, 0) is 0 Å². The number of halogens is 1. The Balaban J connectivity index is 2.17. The van der Waals surface area contributed by atoms with Gasteiger partial charge in [-0.2, -0.15) is 0 Å². The highest BCUT2D eigenvalue weighted by atomic mass is 35.5. The Hall–Kier alpha value is -1.93. The van der Waals surface area contributed by atoms with Crippen LogP contribution in [0.4, 0.5) is 0 Å². The van der Waals surface area contributed by atoms with E-state index < -0.39 is 0 Å². The van der Waals surface area contributed by atoms with E-state index in [4.69, 9.17) is 21.1 Å². The molecule has 0 saturated heterocycles. The summed E-state index contributed by atoms with van der Waals surface area (Å²) in [6.45, 7) is 7.55. The number of rotatable bonds is 10. The first-order valence-electron chi connectivity index (χ1n) is 9.17. The quantitative estimate of drug-likeness (QED) is 0.461. The SMILES string of the molecule is CC(Cl)=CCC(COc1ccccc1)(COc1ccccc1)CC(C)C. The normalized spacial score (nSPS) is 12.3. The zero-order chi connectivity index (χ0) is 18.8. The van der Waals surface area contributed by atoms with E-state index in [-0.39, 0.29) is 5.41 Å². The van der Waals surface area contributed by atoms with Crippen LogP contribution in [0.1, 0.15) is 33.6 Å². The average Bonchev–Trinajstić information content (AvgIpc) is 2.64. The molecule has 0 bridgehead atoms. The summed E-state index contributed by atoms with van der Waals surface area (Å²) in [5.74, 6) is 2.29. The minimum absolute atomic E-state index is 0.143. The first-order valence-corrected chi connectivity index (χ1v) is 9.55. The van der Waals surface area contributed by atoms with Crippen molar-refractivity contribution >= 4 is 11.6 Å². The van der Waals surface area contributed by atoms with Gasteiger partial charge in [0.25, 0.3) is 0 Å². The summed E-state index contributed by atoms with van der Waals surface area (Å²) in [4.78, 5) is 0. The van der Waals surface area contributed by atoms with Gasteiger partial charge in [-0.25, -0.2) is 0 Å². The third kappa shape index (κ3) is 7.13. The maximum absolute atomic E-state index is 6.14. The molecule has 0 fully saturated rings. The molecule has 2 aromatic rings. The maximum atomic E-state index is 6.14. The summed E-state index contributed by atoms with van der Waals surface area (Å²) in [6.07, 6.45) is 3.89. The second-order valence-electron chi connectivity index (χ2n) is 7.30. The number of ether oxygens (including phenoxy) is 2. The van der Waals surface area contributed by atoms with Crippen molar-refractivity contribution in [3.63, 3.8) is 0 Å². The van der Waals surface area contributed by atoms with E-state index in [2.05, 4.69) is 19.9 Å². The second kappa shape index (κ2) is 10.3. The Labute approximate surface area is 162 Å². The van der Waals surface area contributed by atoms with Crippen LogP contribution in [0.25, 0.3) is 0 Å². The van der Waals surface area contributed by atoms with Gasteiger partial charge in [0, 0.05) is 10.4 Å². The fourth-order valence-electron chi connectivity index (χ4n) is 3.09. The average molecular weight is 373 g/mol. The minimum atomic E-state index is -0.143. The molecule has 0 aliphatic rings. The molecule has 0 saturated carbocycles. The van der Waals surface area contributed by atoms with Crippen molar-refractivity contribution in [1.29, 1.82) is 0 Å². The van der Waals surface area contributed by atoms with Gasteiger partial charge in [-0.05, 0) is 49.9 Å². The van der Waals surface area contributed by atoms with Crippen molar-refractivity contribution in [2.24, 2.45) is 11.3 Å². The van der Waals surface area contributed by atoms with E-state index in [9.17, 15) is 0 Å². The lowest BCUT2D eigenvalue weighted by molar-refractivity contribution is 0.0606. The molecule has 0 aliphatic carbocycles. The van der Waals surface area contributed by atoms with E-state index in [0.29, 0.717) is 19.1 Å². The second-order valence-corrected chi connectivity index (χ2v) is 7.89. The summed E-state index contributed by atoms with van der Waals surface area (Å²) in [5, 5.41) is 0.803. The standard InChI is InChI=1S/C23H29ClO2/c1-19(2)16-23(15-14-20(3)24,17-25-21-10-6-4-7-11-21)18-26-22-12-8-5-9-13-22/h4-14,19H,15-18H2,1-3H3. The summed E-state index contributed by atoms with van der Waals surface area (Å²) < 4.78 is 12.3. The van der Waals surface area contributed by atoms with E-state index >= 15 is 0 Å². The number of allylic oxidation sites excluding steroid dienone is 2. The number of benzene rings is 2. The van der Waals surface area contributed by atoms with Crippen LogP contribution in [0, 0.1) is 11.3 Å². The zero-order valence-corrected chi connectivity index (χ0v) is 16.7. The van der Waals surface area contributed by atoms with Gasteiger partial charge in [0.2, 0.25) is 0 Å². The van der Waals surface area contributed by atoms with Crippen LogP contribution in [0.3, 0.4) is 0 Å². The predicted octanol–water partition coefficient (Wildman–Crippen LogP) is 6.71. The summed E-state index contributed by atoms with van der Waals surface area (Å²) in [7, 11) is 0. The molecule has 2 aromatic carbocycles. The third-order valence-corrected chi connectivity index (χ3v) is 4.39. The molecule has 0 aliphatic heterocycles. The first kappa shape index (κ1) is 20.4. The van der Waals surface area contributed by atoms with Crippen LogP contribution in [0.15, 0.2) is 71.8 Å². The van der Waals surface area contributed by atoms with E-state index in [1.165, 1.54) is 0 Å². The molecule has 26 heavy (non-hydrogen) atoms. The lowest BCUT2D eigenvalue weighted by Crippen LogP contribution is -2.36. The monoisotopic (exact) mass is 372 g/mol. The molecular formula is C23H29ClO2. The van der Waals surface area contributed by atoms with Gasteiger partial charge in [-0.3, -0.25) is 0 Å². The lowest BCUT2D eigenvalue weighted by atomic mass is 9.78. The van der Waals surface area contributed by atoms with Crippen LogP contribution >= 0.6 is 11.6 Å². The summed E-state index contributed by atoms with van der Waals surface area (Å²) in [5.41, 5.74) is -0.143. The minimum Gasteiger partial charge on any atom is -0.493 e. The summed E-state index contributed by atoms with van der Waals surface area (Å²) in [6, 6.07) is 19.9. The third-order valence-electron chi connectivity index (χ3n) is 4.23. The van der Waals surface area contributed by atoms with Crippen molar-refractivity contribution in [2.45, 2.75) is 33.6 Å². The highest BCUT2D eigenvalue weighted by Gasteiger charge is 2.32. The molecule has 0 heterocycles. The Bertz CT molecular complexity index is 618. The number of para-hydroxylation sites is 2. The van der Waals surface area contributed by atoms with Crippen molar-refractivity contribution in [1.82, 2.24) is 0 Å². The molecule has 0 atom stereocenters. The largest absolute Gasteiger partial charge is 0.493 e. The van der Waals surface area contributed by atoms with E-state index in [1.54, 1.807) is 0 Å². The van der Waals surface area contributed by atoms with Gasteiger partial charge in [-0.1, -0.05) is 67.9 Å². The van der Waals surface area contributed by atoms with Crippen molar-refractivity contribution in [2.75, 3.05) is 13.2 Å². The van der Waals surface area contributed by atoms with E-state index in [0.717, 1.165) is 29.4 Å².